The first-order chi connectivity index (χ1) is 17.0. The molecule has 0 saturated heterocycles. The van der Waals surface area contributed by atoms with E-state index in [9.17, 15) is 9.59 Å². The summed E-state index contributed by atoms with van der Waals surface area (Å²) < 4.78 is 12.2. The molecule has 0 N–H and O–H groups in total. The number of ether oxygens (including phenoxy) is 2. The monoisotopic (exact) mass is 476 g/mol. The number of benzene rings is 2. The molecule has 4 rings (SSSR count). The Bertz CT molecular complexity index is 1280. The van der Waals surface area contributed by atoms with Crippen LogP contribution in [0.1, 0.15) is 56.3 Å². The number of nitrogens with zero attached hydrogens (tertiary/aromatic N) is 4. The second-order valence-electron chi connectivity index (χ2n) is 8.89. The average molecular weight is 477 g/mol. The van der Waals surface area contributed by atoms with Crippen LogP contribution < -0.4 is 15.2 Å². The topological polar surface area (TPSA) is 86.0 Å². The van der Waals surface area contributed by atoms with E-state index in [-0.39, 0.29) is 24.7 Å². The first-order valence-electron chi connectivity index (χ1n) is 12.1. The molecule has 0 unspecified atom stereocenters. The number of esters is 1. The van der Waals surface area contributed by atoms with Gasteiger partial charge in [0.1, 0.15) is 11.6 Å². The number of hydrogen-bond acceptors (Lipinski definition) is 7. The van der Waals surface area contributed by atoms with Gasteiger partial charge in [-0.2, -0.15) is 9.78 Å². The third kappa shape index (κ3) is 5.70. The van der Waals surface area contributed by atoms with Crippen molar-refractivity contribution in [2.24, 2.45) is 5.10 Å². The van der Waals surface area contributed by atoms with E-state index in [1.54, 1.807) is 19.2 Å². The lowest BCUT2D eigenvalue weighted by Gasteiger charge is -2.22. The zero-order valence-electron chi connectivity index (χ0n) is 20.6. The van der Waals surface area contributed by atoms with Crippen LogP contribution in [0.15, 0.2) is 52.4 Å². The minimum absolute atomic E-state index is 0.189. The van der Waals surface area contributed by atoms with Gasteiger partial charge in [0.15, 0.2) is 6.61 Å². The van der Waals surface area contributed by atoms with Crippen molar-refractivity contribution in [2.75, 3.05) is 32.2 Å². The molecular formula is C27H32N4O4. The van der Waals surface area contributed by atoms with Gasteiger partial charge in [0.2, 0.25) is 0 Å². The molecule has 1 aliphatic rings. The summed E-state index contributed by atoms with van der Waals surface area (Å²) in [5.41, 5.74) is 2.06. The van der Waals surface area contributed by atoms with Gasteiger partial charge in [0.25, 0.3) is 5.56 Å². The van der Waals surface area contributed by atoms with Crippen molar-refractivity contribution in [2.45, 2.75) is 44.9 Å². The highest BCUT2D eigenvalue weighted by atomic mass is 16.6. The van der Waals surface area contributed by atoms with Crippen LogP contribution in [0.25, 0.3) is 10.9 Å². The maximum Gasteiger partial charge on any atom is 0.344 e. The molecule has 8 heteroatoms. The third-order valence-corrected chi connectivity index (χ3v) is 6.23. The van der Waals surface area contributed by atoms with Crippen molar-refractivity contribution < 1.29 is 14.3 Å². The fourth-order valence-corrected chi connectivity index (χ4v) is 4.37. The SMILES string of the molecule is CCOC(=O)COc1cc(N(C)C)ccc1C=Nn1c(C2CCCCC2)nc2ccccc2c1=O. The summed E-state index contributed by atoms with van der Waals surface area (Å²) in [6.45, 7) is 1.83. The lowest BCUT2D eigenvalue weighted by Crippen LogP contribution is -2.25. The number of fused-ring (bicyclic) bond motifs is 1. The van der Waals surface area contributed by atoms with Crippen molar-refractivity contribution in [3.8, 4) is 5.75 Å². The van der Waals surface area contributed by atoms with E-state index < -0.39 is 5.97 Å². The average Bonchev–Trinajstić information content (AvgIpc) is 2.87. The summed E-state index contributed by atoms with van der Waals surface area (Å²) >= 11 is 0. The minimum Gasteiger partial charge on any atom is -0.481 e. The molecule has 0 amide bonds. The van der Waals surface area contributed by atoms with Gasteiger partial charge < -0.3 is 14.4 Å². The number of carbonyl (C=O) groups excluding carboxylic acids is 1. The molecule has 1 saturated carbocycles. The van der Waals surface area contributed by atoms with E-state index in [4.69, 9.17) is 14.5 Å². The molecule has 35 heavy (non-hydrogen) atoms. The molecule has 1 fully saturated rings. The molecule has 184 valence electrons. The Balaban J connectivity index is 1.75. The summed E-state index contributed by atoms with van der Waals surface area (Å²) in [5.74, 6) is 0.923. The Labute approximate surface area is 205 Å². The number of hydrogen-bond donors (Lipinski definition) is 0. The maximum absolute atomic E-state index is 13.4. The van der Waals surface area contributed by atoms with Gasteiger partial charge in [-0.25, -0.2) is 9.78 Å². The van der Waals surface area contributed by atoms with Crippen molar-refractivity contribution in [3.63, 3.8) is 0 Å². The Hall–Kier alpha value is -3.68. The lowest BCUT2D eigenvalue weighted by atomic mass is 9.88. The van der Waals surface area contributed by atoms with Crippen LogP contribution in [0.4, 0.5) is 5.69 Å². The van der Waals surface area contributed by atoms with E-state index in [0.29, 0.717) is 28.0 Å². The van der Waals surface area contributed by atoms with Crippen LogP contribution in [0.5, 0.6) is 5.75 Å². The van der Waals surface area contributed by atoms with Gasteiger partial charge in [0, 0.05) is 37.3 Å². The highest BCUT2D eigenvalue weighted by Gasteiger charge is 2.22. The van der Waals surface area contributed by atoms with Crippen LogP contribution in [-0.2, 0) is 9.53 Å². The summed E-state index contributed by atoms with van der Waals surface area (Å²) in [6, 6.07) is 13.0. The maximum atomic E-state index is 13.4. The molecule has 2 aromatic carbocycles. The third-order valence-electron chi connectivity index (χ3n) is 6.23. The van der Waals surface area contributed by atoms with Crippen LogP contribution in [0, 0.1) is 0 Å². The Morgan fingerprint density at radius 2 is 1.94 bits per heavy atom. The lowest BCUT2D eigenvalue weighted by molar-refractivity contribution is -0.145. The summed E-state index contributed by atoms with van der Waals surface area (Å²) in [5, 5.41) is 5.14. The van der Waals surface area contributed by atoms with Crippen LogP contribution in [-0.4, -0.2) is 49.2 Å². The van der Waals surface area contributed by atoms with Crippen molar-refractivity contribution >= 4 is 28.8 Å². The molecule has 0 aliphatic heterocycles. The molecule has 3 aromatic rings. The van der Waals surface area contributed by atoms with Crippen molar-refractivity contribution in [1.29, 1.82) is 0 Å². The van der Waals surface area contributed by atoms with Gasteiger partial charge in [-0.3, -0.25) is 4.79 Å². The summed E-state index contributed by atoms with van der Waals surface area (Å²) in [4.78, 5) is 32.1. The van der Waals surface area contributed by atoms with Crippen molar-refractivity contribution in [3.05, 3.63) is 64.2 Å². The van der Waals surface area contributed by atoms with E-state index in [1.807, 2.05) is 55.4 Å². The Morgan fingerprint density at radius 3 is 2.69 bits per heavy atom. The van der Waals surface area contributed by atoms with E-state index in [1.165, 1.54) is 11.1 Å². The van der Waals surface area contributed by atoms with Crippen LogP contribution in [0.2, 0.25) is 0 Å². The Kier molecular flexibility index (Phi) is 7.80. The fraction of sp³-hybridized carbons (Fsp3) is 0.407. The van der Waals surface area contributed by atoms with Gasteiger partial charge >= 0.3 is 5.97 Å². The number of anilines is 1. The summed E-state index contributed by atoms with van der Waals surface area (Å²) in [6.07, 6.45) is 7.03. The zero-order valence-corrected chi connectivity index (χ0v) is 20.6. The molecule has 1 aromatic heterocycles. The number of aromatic nitrogens is 2. The molecule has 1 aliphatic carbocycles. The van der Waals surface area contributed by atoms with Gasteiger partial charge in [-0.15, -0.1) is 0 Å². The second-order valence-corrected chi connectivity index (χ2v) is 8.89. The molecule has 0 spiro atoms. The first-order valence-corrected chi connectivity index (χ1v) is 12.1. The zero-order chi connectivity index (χ0) is 24.8. The fourth-order valence-electron chi connectivity index (χ4n) is 4.37. The predicted molar refractivity (Wildman–Crippen MR) is 138 cm³/mol. The largest absolute Gasteiger partial charge is 0.481 e. The number of para-hydroxylation sites is 1. The van der Waals surface area contributed by atoms with Crippen LogP contribution in [0.3, 0.4) is 0 Å². The first kappa shape index (κ1) is 24.4. The number of rotatable bonds is 8. The number of carbonyl (C=O) groups is 1. The van der Waals surface area contributed by atoms with E-state index in [2.05, 4.69) is 5.10 Å². The highest BCUT2D eigenvalue weighted by molar-refractivity contribution is 5.85. The molecular weight excluding hydrogens is 444 g/mol. The normalized spacial score (nSPS) is 14.4. The van der Waals surface area contributed by atoms with Gasteiger partial charge in [0.05, 0.1) is 23.7 Å². The Morgan fingerprint density at radius 1 is 1.17 bits per heavy atom. The molecule has 8 nitrogen and oxygen atoms in total. The highest BCUT2D eigenvalue weighted by Crippen LogP contribution is 2.32. The molecule has 1 heterocycles. The smallest absolute Gasteiger partial charge is 0.344 e. The molecule has 0 bridgehead atoms. The summed E-state index contributed by atoms with van der Waals surface area (Å²) in [7, 11) is 3.85. The van der Waals surface area contributed by atoms with Crippen LogP contribution >= 0.6 is 0 Å². The molecule has 0 atom stereocenters. The standard InChI is InChI=1S/C27H32N4O4/c1-4-34-25(32)18-35-24-16-21(30(2)3)15-14-20(24)17-28-31-26(19-10-6-5-7-11-19)29-23-13-9-8-12-22(23)27(31)33/h8-9,12-17,19H,4-7,10-11,18H2,1-3H3. The van der Waals surface area contributed by atoms with E-state index in [0.717, 1.165) is 31.4 Å². The van der Waals surface area contributed by atoms with E-state index >= 15 is 0 Å². The quantitative estimate of drug-likeness (QED) is 0.355. The van der Waals surface area contributed by atoms with Gasteiger partial charge in [-0.05, 0) is 44.0 Å². The minimum atomic E-state index is -0.444. The predicted octanol–water partition coefficient (Wildman–Crippen LogP) is 4.33. The molecule has 0 radical (unpaired) electrons. The van der Waals surface area contributed by atoms with Crippen molar-refractivity contribution in [1.82, 2.24) is 9.66 Å². The van der Waals surface area contributed by atoms with Gasteiger partial charge in [-0.1, -0.05) is 31.4 Å². The second kappa shape index (κ2) is 11.2.